The van der Waals surface area contributed by atoms with Gasteiger partial charge in [0.1, 0.15) is 0 Å². The molecule has 1 aliphatic rings. The molecule has 0 saturated carbocycles. The second kappa shape index (κ2) is 5.55. The molecule has 0 unspecified atom stereocenters. The van der Waals surface area contributed by atoms with Gasteiger partial charge in [-0.05, 0) is 59.8 Å². The first-order chi connectivity index (χ1) is 9.36. The van der Waals surface area contributed by atoms with E-state index in [9.17, 15) is 0 Å². The average Bonchev–Trinajstić information content (AvgIpc) is 2.48. The summed E-state index contributed by atoms with van der Waals surface area (Å²) < 4.78 is 0. The van der Waals surface area contributed by atoms with Gasteiger partial charge in [-0.25, -0.2) is 0 Å². The highest BCUT2D eigenvalue weighted by Crippen LogP contribution is 2.24. The Labute approximate surface area is 114 Å². The molecule has 2 nitrogen and oxygen atoms in total. The van der Waals surface area contributed by atoms with E-state index in [2.05, 4.69) is 47.8 Å². The molecule has 0 radical (unpaired) electrons. The zero-order valence-corrected chi connectivity index (χ0v) is 11.2. The van der Waals surface area contributed by atoms with Crippen LogP contribution in [0.3, 0.4) is 0 Å². The fourth-order valence-corrected chi connectivity index (χ4v) is 2.69. The van der Waals surface area contributed by atoms with Crippen molar-refractivity contribution in [1.29, 1.82) is 0 Å². The molecule has 0 atom stereocenters. The second-order valence-electron chi connectivity index (χ2n) is 5.15. The molecule has 0 aliphatic carbocycles. The van der Waals surface area contributed by atoms with Crippen LogP contribution in [-0.2, 0) is 19.4 Å². The van der Waals surface area contributed by atoms with Crippen LogP contribution >= 0.6 is 0 Å². The van der Waals surface area contributed by atoms with Gasteiger partial charge < -0.3 is 11.1 Å². The van der Waals surface area contributed by atoms with Crippen molar-refractivity contribution in [3.8, 4) is 11.1 Å². The summed E-state index contributed by atoms with van der Waals surface area (Å²) in [6.07, 6.45) is 2.10. The smallest absolute Gasteiger partial charge is 0.0208 e. The van der Waals surface area contributed by atoms with Crippen molar-refractivity contribution in [1.82, 2.24) is 5.32 Å². The quantitative estimate of drug-likeness (QED) is 0.881. The number of hydrogen-bond acceptors (Lipinski definition) is 2. The van der Waals surface area contributed by atoms with Crippen LogP contribution in [0.4, 0.5) is 0 Å². The first-order valence-electron chi connectivity index (χ1n) is 6.99. The van der Waals surface area contributed by atoms with Crippen LogP contribution in [0.15, 0.2) is 42.5 Å². The van der Waals surface area contributed by atoms with E-state index in [1.54, 1.807) is 0 Å². The van der Waals surface area contributed by atoms with Crippen LogP contribution in [0, 0.1) is 0 Å². The van der Waals surface area contributed by atoms with Gasteiger partial charge in [0.05, 0.1) is 0 Å². The Morgan fingerprint density at radius 3 is 2.53 bits per heavy atom. The van der Waals surface area contributed by atoms with Crippen LogP contribution in [0.2, 0.25) is 0 Å². The van der Waals surface area contributed by atoms with Gasteiger partial charge in [0.15, 0.2) is 0 Å². The number of nitrogens with two attached hydrogens (primary N) is 1. The first kappa shape index (κ1) is 12.4. The summed E-state index contributed by atoms with van der Waals surface area (Å²) in [7, 11) is 0. The average molecular weight is 252 g/mol. The first-order valence-corrected chi connectivity index (χ1v) is 6.99. The third-order valence-corrected chi connectivity index (χ3v) is 3.81. The third kappa shape index (κ3) is 2.70. The molecule has 2 aromatic carbocycles. The highest BCUT2D eigenvalue weighted by atomic mass is 14.9. The zero-order chi connectivity index (χ0) is 13.1. The Bertz CT molecular complexity index is 558. The van der Waals surface area contributed by atoms with Crippen LogP contribution in [0.25, 0.3) is 11.1 Å². The highest BCUT2D eigenvalue weighted by Gasteiger charge is 2.09. The van der Waals surface area contributed by atoms with Crippen molar-refractivity contribution in [2.24, 2.45) is 5.73 Å². The Hall–Kier alpha value is -1.64. The lowest BCUT2D eigenvalue weighted by Gasteiger charge is -2.18. The van der Waals surface area contributed by atoms with Gasteiger partial charge in [0.25, 0.3) is 0 Å². The molecule has 2 aromatic rings. The number of rotatable bonds is 3. The van der Waals surface area contributed by atoms with Crippen LogP contribution in [0.1, 0.15) is 16.7 Å². The number of hydrogen-bond donors (Lipinski definition) is 2. The van der Waals surface area contributed by atoms with Crippen LogP contribution in [0.5, 0.6) is 0 Å². The van der Waals surface area contributed by atoms with Crippen LogP contribution < -0.4 is 11.1 Å². The minimum absolute atomic E-state index is 0.712. The Morgan fingerprint density at radius 1 is 0.947 bits per heavy atom. The van der Waals surface area contributed by atoms with Crippen molar-refractivity contribution in [2.45, 2.75) is 19.4 Å². The lowest BCUT2D eigenvalue weighted by atomic mass is 9.95. The second-order valence-corrected chi connectivity index (χ2v) is 5.15. The van der Waals surface area contributed by atoms with Gasteiger partial charge in [-0.15, -0.1) is 0 Å². The van der Waals surface area contributed by atoms with Crippen molar-refractivity contribution < 1.29 is 0 Å². The van der Waals surface area contributed by atoms with Crippen LogP contribution in [-0.4, -0.2) is 13.1 Å². The van der Waals surface area contributed by atoms with E-state index < -0.39 is 0 Å². The lowest BCUT2D eigenvalue weighted by molar-refractivity contribution is 0.644. The maximum Gasteiger partial charge on any atom is 0.0208 e. The van der Waals surface area contributed by atoms with Gasteiger partial charge in [0, 0.05) is 6.54 Å². The largest absolute Gasteiger partial charge is 0.330 e. The summed E-state index contributed by atoms with van der Waals surface area (Å²) in [5.41, 5.74) is 12.4. The fourth-order valence-electron chi connectivity index (χ4n) is 2.69. The summed E-state index contributed by atoms with van der Waals surface area (Å²) in [5.74, 6) is 0. The molecular weight excluding hydrogens is 232 g/mol. The molecule has 0 aromatic heterocycles. The Kier molecular flexibility index (Phi) is 3.62. The summed E-state index contributed by atoms with van der Waals surface area (Å²) in [6, 6.07) is 15.6. The molecule has 1 heterocycles. The Balaban J connectivity index is 1.89. The van der Waals surface area contributed by atoms with E-state index in [-0.39, 0.29) is 0 Å². The van der Waals surface area contributed by atoms with E-state index >= 15 is 0 Å². The maximum absolute atomic E-state index is 5.58. The molecule has 19 heavy (non-hydrogen) atoms. The van der Waals surface area contributed by atoms with Crippen molar-refractivity contribution in [3.63, 3.8) is 0 Å². The summed E-state index contributed by atoms with van der Waals surface area (Å²) >= 11 is 0. The normalized spacial score (nSPS) is 14.2. The van der Waals surface area contributed by atoms with Gasteiger partial charge in [-0.1, -0.05) is 36.4 Å². The molecule has 3 N–H and O–H groups in total. The van der Waals surface area contributed by atoms with Crippen molar-refractivity contribution in [2.75, 3.05) is 13.1 Å². The molecule has 98 valence electrons. The predicted molar refractivity (Wildman–Crippen MR) is 80.0 cm³/mol. The summed E-state index contributed by atoms with van der Waals surface area (Å²) in [6.45, 7) is 2.80. The molecule has 0 spiro atoms. The summed E-state index contributed by atoms with van der Waals surface area (Å²) in [5, 5.41) is 3.43. The van der Waals surface area contributed by atoms with E-state index in [1.807, 2.05) is 0 Å². The molecule has 3 rings (SSSR count). The topological polar surface area (TPSA) is 38.0 Å². The maximum atomic E-state index is 5.58. The van der Waals surface area contributed by atoms with Gasteiger partial charge >= 0.3 is 0 Å². The van der Waals surface area contributed by atoms with E-state index in [0.29, 0.717) is 6.54 Å². The van der Waals surface area contributed by atoms with E-state index in [1.165, 1.54) is 27.8 Å². The van der Waals surface area contributed by atoms with Gasteiger partial charge in [-0.3, -0.25) is 0 Å². The fraction of sp³-hybridized carbons (Fsp3) is 0.294. The van der Waals surface area contributed by atoms with Crippen molar-refractivity contribution in [3.05, 3.63) is 59.2 Å². The summed E-state index contributed by atoms with van der Waals surface area (Å²) in [4.78, 5) is 0. The number of fused-ring (bicyclic) bond motifs is 1. The molecule has 2 heteroatoms. The van der Waals surface area contributed by atoms with Gasteiger partial charge in [0.2, 0.25) is 0 Å². The number of nitrogens with one attached hydrogen (secondary N) is 1. The number of benzene rings is 2. The monoisotopic (exact) mass is 252 g/mol. The molecular formula is C17H20N2. The highest BCUT2D eigenvalue weighted by molar-refractivity contribution is 5.65. The predicted octanol–water partition coefficient (Wildman–Crippen LogP) is 2.50. The van der Waals surface area contributed by atoms with E-state index in [4.69, 9.17) is 5.73 Å². The minimum atomic E-state index is 0.712. The zero-order valence-electron chi connectivity index (χ0n) is 11.2. The third-order valence-electron chi connectivity index (χ3n) is 3.81. The van der Waals surface area contributed by atoms with Crippen molar-refractivity contribution >= 4 is 0 Å². The molecule has 0 saturated heterocycles. The molecule has 0 amide bonds. The van der Waals surface area contributed by atoms with Gasteiger partial charge in [-0.2, -0.15) is 0 Å². The standard InChI is InChI=1S/C17H20N2/c18-9-7-13-1-3-14(4-2-13)16-6-5-15-8-10-19-12-17(15)11-16/h1-6,11,19H,7-10,12,18H2. The minimum Gasteiger partial charge on any atom is -0.330 e. The van der Waals surface area contributed by atoms with E-state index in [0.717, 1.165) is 25.9 Å². The molecule has 0 bridgehead atoms. The molecule has 1 aliphatic heterocycles. The Morgan fingerprint density at radius 2 is 1.74 bits per heavy atom. The molecule has 0 fully saturated rings. The lowest BCUT2D eigenvalue weighted by Crippen LogP contribution is -2.23. The SMILES string of the molecule is NCCc1ccc(-c2ccc3c(c2)CNCC3)cc1.